The number of hydrogen-bond donors (Lipinski definition) is 2. The Hall–Kier alpha value is -1.39. The van der Waals surface area contributed by atoms with Gasteiger partial charge in [-0.3, -0.25) is 4.79 Å². The van der Waals surface area contributed by atoms with Gasteiger partial charge in [0.2, 0.25) is 5.91 Å². The Bertz CT molecular complexity index is 521. The van der Waals surface area contributed by atoms with Crippen molar-refractivity contribution in [2.24, 2.45) is 11.8 Å². The summed E-state index contributed by atoms with van der Waals surface area (Å²) in [6, 6.07) is 10.5. The highest BCUT2D eigenvalue weighted by Crippen LogP contribution is 2.23. The van der Waals surface area contributed by atoms with Gasteiger partial charge in [0.1, 0.15) is 0 Å². The van der Waals surface area contributed by atoms with Crippen LogP contribution in [0.15, 0.2) is 30.3 Å². The monoisotopic (exact) mass is 343 g/mol. The summed E-state index contributed by atoms with van der Waals surface area (Å²) >= 11 is 0. The van der Waals surface area contributed by atoms with E-state index in [0.717, 1.165) is 32.7 Å². The maximum atomic E-state index is 12.7. The number of likely N-dealkylation sites (tertiary alicyclic amines) is 1. The molecular formula is C21H33N3O. The van der Waals surface area contributed by atoms with Gasteiger partial charge in [-0.25, -0.2) is 0 Å². The lowest BCUT2D eigenvalue weighted by Crippen LogP contribution is -2.39. The molecule has 2 saturated heterocycles. The van der Waals surface area contributed by atoms with Crippen LogP contribution < -0.4 is 10.6 Å². The zero-order valence-electron chi connectivity index (χ0n) is 15.5. The summed E-state index contributed by atoms with van der Waals surface area (Å²) in [4.78, 5) is 15.2. The molecule has 0 bridgehead atoms. The molecule has 0 aliphatic carbocycles. The average Bonchev–Trinajstić information content (AvgIpc) is 3.16. The summed E-state index contributed by atoms with van der Waals surface area (Å²) in [5.74, 6) is 1.27. The summed E-state index contributed by atoms with van der Waals surface area (Å²) < 4.78 is 0. The van der Waals surface area contributed by atoms with Gasteiger partial charge in [0, 0.05) is 13.0 Å². The van der Waals surface area contributed by atoms with Crippen LogP contribution in [0.2, 0.25) is 0 Å². The standard InChI is InChI=1S/C21H33N3O/c1-17(19-10-7-11-22-15-19)14-21(25)23-20(16-24-12-5-6-13-24)18-8-3-2-4-9-18/h2-4,8-9,17,19-20,22H,5-7,10-16H2,1H3,(H,23,25). The second-order valence-electron chi connectivity index (χ2n) is 7.83. The maximum absolute atomic E-state index is 12.7. The first kappa shape index (κ1) is 18.4. The highest BCUT2D eigenvalue weighted by Gasteiger charge is 2.25. The molecule has 1 amide bonds. The van der Waals surface area contributed by atoms with E-state index in [4.69, 9.17) is 0 Å². The van der Waals surface area contributed by atoms with E-state index < -0.39 is 0 Å². The minimum absolute atomic E-state index is 0.100. The van der Waals surface area contributed by atoms with Crippen molar-refractivity contribution in [2.75, 3.05) is 32.7 Å². The molecule has 1 aromatic carbocycles. The predicted molar refractivity (Wildman–Crippen MR) is 102 cm³/mol. The van der Waals surface area contributed by atoms with Crippen molar-refractivity contribution in [1.82, 2.24) is 15.5 Å². The van der Waals surface area contributed by atoms with Gasteiger partial charge in [-0.05, 0) is 69.3 Å². The zero-order chi connectivity index (χ0) is 17.5. The maximum Gasteiger partial charge on any atom is 0.220 e. The summed E-state index contributed by atoms with van der Waals surface area (Å²) in [7, 11) is 0. The number of amides is 1. The van der Waals surface area contributed by atoms with Gasteiger partial charge in [-0.2, -0.15) is 0 Å². The third-order valence-electron chi connectivity index (χ3n) is 5.82. The second kappa shape index (κ2) is 9.35. The molecule has 2 N–H and O–H groups in total. The van der Waals surface area contributed by atoms with E-state index in [0.29, 0.717) is 18.3 Å². The van der Waals surface area contributed by atoms with E-state index in [9.17, 15) is 4.79 Å². The molecule has 1 aromatic rings. The molecule has 2 aliphatic heterocycles. The molecular weight excluding hydrogens is 310 g/mol. The van der Waals surface area contributed by atoms with Crippen LogP contribution in [-0.4, -0.2) is 43.5 Å². The molecule has 138 valence electrons. The Balaban J connectivity index is 1.57. The summed E-state index contributed by atoms with van der Waals surface area (Å²) in [6.07, 6.45) is 5.67. The fourth-order valence-electron chi connectivity index (χ4n) is 4.22. The van der Waals surface area contributed by atoms with Crippen molar-refractivity contribution in [3.8, 4) is 0 Å². The predicted octanol–water partition coefficient (Wildman–Crippen LogP) is 2.97. The van der Waals surface area contributed by atoms with Crippen molar-refractivity contribution < 1.29 is 4.79 Å². The number of carbonyl (C=O) groups is 1. The van der Waals surface area contributed by atoms with Crippen molar-refractivity contribution in [1.29, 1.82) is 0 Å². The molecule has 0 spiro atoms. The van der Waals surface area contributed by atoms with Crippen LogP contribution in [-0.2, 0) is 4.79 Å². The van der Waals surface area contributed by atoms with Gasteiger partial charge in [-0.15, -0.1) is 0 Å². The molecule has 0 saturated carbocycles. The highest BCUT2D eigenvalue weighted by molar-refractivity contribution is 5.76. The van der Waals surface area contributed by atoms with E-state index in [2.05, 4.69) is 46.7 Å². The molecule has 4 heteroatoms. The van der Waals surface area contributed by atoms with Crippen molar-refractivity contribution >= 4 is 5.91 Å². The number of nitrogens with one attached hydrogen (secondary N) is 2. The van der Waals surface area contributed by atoms with Crippen molar-refractivity contribution in [3.05, 3.63) is 35.9 Å². The molecule has 2 aliphatic rings. The van der Waals surface area contributed by atoms with Crippen molar-refractivity contribution in [2.45, 2.75) is 45.1 Å². The Kier molecular flexibility index (Phi) is 6.88. The van der Waals surface area contributed by atoms with E-state index >= 15 is 0 Å². The molecule has 2 heterocycles. The van der Waals surface area contributed by atoms with Crippen LogP contribution in [0.25, 0.3) is 0 Å². The second-order valence-corrected chi connectivity index (χ2v) is 7.83. The lowest BCUT2D eigenvalue weighted by molar-refractivity contribution is -0.123. The molecule has 2 fully saturated rings. The minimum atomic E-state index is 0.100. The first-order chi connectivity index (χ1) is 12.2. The average molecular weight is 344 g/mol. The van der Waals surface area contributed by atoms with Crippen LogP contribution in [0.3, 0.4) is 0 Å². The van der Waals surface area contributed by atoms with Crippen LogP contribution in [0.1, 0.15) is 50.6 Å². The molecule has 4 nitrogen and oxygen atoms in total. The first-order valence-electron chi connectivity index (χ1n) is 10.00. The number of benzene rings is 1. The highest BCUT2D eigenvalue weighted by atomic mass is 16.1. The van der Waals surface area contributed by atoms with Gasteiger partial charge in [0.05, 0.1) is 6.04 Å². The topological polar surface area (TPSA) is 44.4 Å². The Labute approximate surface area is 152 Å². The third kappa shape index (κ3) is 5.55. The first-order valence-corrected chi connectivity index (χ1v) is 10.00. The van der Waals surface area contributed by atoms with E-state index in [1.165, 1.54) is 31.2 Å². The largest absolute Gasteiger partial charge is 0.348 e. The molecule has 0 radical (unpaired) electrons. The van der Waals surface area contributed by atoms with Crippen LogP contribution in [0, 0.1) is 11.8 Å². The lowest BCUT2D eigenvalue weighted by atomic mass is 9.85. The molecule has 3 rings (SSSR count). The molecule has 3 atom stereocenters. The van der Waals surface area contributed by atoms with E-state index in [1.807, 2.05) is 6.07 Å². The van der Waals surface area contributed by atoms with Gasteiger partial charge >= 0.3 is 0 Å². The van der Waals surface area contributed by atoms with Gasteiger partial charge in [-0.1, -0.05) is 37.3 Å². The Morgan fingerprint density at radius 3 is 2.68 bits per heavy atom. The number of piperidine rings is 1. The van der Waals surface area contributed by atoms with Crippen LogP contribution >= 0.6 is 0 Å². The van der Waals surface area contributed by atoms with Gasteiger partial charge in [0.15, 0.2) is 0 Å². The SMILES string of the molecule is CC(CC(=O)NC(CN1CCCC1)c1ccccc1)C1CCCNC1. The summed E-state index contributed by atoms with van der Waals surface area (Å²) in [5, 5.41) is 6.79. The minimum Gasteiger partial charge on any atom is -0.348 e. The fraction of sp³-hybridized carbons (Fsp3) is 0.667. The number of hydrogen-bond acceptors (Lipinski definition) is 3. The smallest absolute Gasteiger partial charge is 0.220 e. The number of carbonyl (C=O) groups excluding carboxylic acids is 1. The van der Waals surface area contributed by atoms with Crippen molar-refractivity contribution in [3.63, 3.8) is 0 Å². The Morgan fingerprint density at radius 2 is 2.00 bits per heavy atom. The molecule has 3 unspecified atom stereocenters. The molecule has 0 aromatic heterocycles. The fourth-order valence-corrected chi connectivity index (χ4v) is 4.22. The summed E-state index contributed by atoms with van der Waals surface area (Å²) in [5.41, 5.74) is 1.22. The van der Waals surface area contributed by atoms with E-state index in [-0.39, 0.29) is 11.9 Å². The van der Waals surface area contributed by atoms with Gasteiger partial charge < -0.3 is 15.5 Å². The van der Waals surface area contributed by atoms with E-state index in [1.54, 1.807) is 0 Å². The summed E-state index contributed by atoms with van der Waals surface area (Å²) in [6.45, 7) is 7.66. The lowest BCUT2D eigenvalue weighted by Gasteiger charge is -2.29. The Morgan fingerprint density at radius 1 is 1.24 bits per heavy atom. The van der Waals surface area contributed by atoms with Crippen LogP contribution in [0.5, 0.6) is 0 Å². The third-order valence-corrected chi connectivity index (χ3v) is 5.82. The quantitative estimate of drug-likeness (QED) is 0.800. The number of nitrogens with zero attached hydrogens (tertiary/aromatic N) is 1. The van der Waals surface area contributed by atoms with Gasteiger partial charge in [0.25, 0.3) is 0 Å². The molecule has 25 heavy (non-hydrogen) atoms. The normalized spacial score (nSPS) is 24.0. The van der Waals surface area contributed by atoms with Crippen LogP contribution in [0.4, 0.5) is 0 Å². The number of rotatable bonds is 7. The zero-order valence-corrected chi connectivity index (χ0v) is 15.5.